The third-order valence-corrected chi connectivity index (χ3v) is 3.74. The molecule has 2 rings (SSSR count). The standard InChI is InChI=1S/C12H19NO2/c1-7(2)13-11(14)9-5-4-8(3)6-10(9)12(13)15/h7-10H,4-6H2,1-3H3. The van der Waals surface area contributed by atoms with E-state index in [4.69, 9.17) is 0 Å². The SMILES string of the molecule is CC1CCC2C(=O)N(C(C)C)C(=O)C2C1. The van der Waals surface area contributed by atoms with Crippen molar-refractivity contribution in [2.24, 2.45) is 17.8 Å². The van der Waals surface area contributed by atoms with Gasteiger partial charge in [0, 0.05) is 6.04 Å². The summed E-state index contributed by atoms with van der Waals surface area (Å²) in [7, 11) is 0. The zero-order chi connectivity index (χ0) is 11.2. The van der Waals surface area contributed by atoms with Crippen LogP contribution in [0.1, 0.15) is 40.0 Å². The van der Waals surface area contributed by atoms with E-state index in [2.05, 4.69) is 6.92 Å². The maximum Gasteiger partial charge on any atom is 0.233 e. The van der Waals surface area contributed by atoms with Crippen molar-refractivity contribution in [3.63, 3.8) is 0 Å². The van der Waals surface area contributed by atoms with Crippen LogP contribution in [-0.4, -0.2) is 22.8 Å². The largest absolute Gasteiger partial charge is 0.280 e. The monoisotopic (exact) mass is 209 g/mol. The minimum atomic E-state index is -0.0105. The molecular weight excluding hydrogens is 190 g/mol. The number of likely N-dealkylation sites (tertiary alicyclic amines) is 1. The Morgan fingerprint density at radius 1 is 1.13 bits per heavy atom. The molecule has 1 aliphatic carbocycles. The number of carbonyl (C=O) groups excluding carboxylic acids is 2. The number of imide groups is 1. The molecule has 0 radical (unpaired) electrons. The first-order valence-electron chi connectivity index (χ1n) is 5.89. The van der Waals surface area contributed by atoms with Crippen molar-refractivity contribution in [2.75, 3.05) is 0 Å². The third-order valence-electron chi connectivity index (χ3n) is 3.74. The first-order chi connectivity index (χ1) is 7.02. The third kappa shape index (κ3) is 1.58. The molecule has 3 atom stereocenters. The molecule has 2 amide bonds. The van der Waals surface area contributed by atoms with E-state index in [1.54, 1.807) is 0 Å². The van der Waals surface area contributed by atoms with Gasteiger partial charge in [-0.3, -0.25) is 14.5 Å². The molecule has 0 aromatic rings. The van der Waals surface area contributed by atoms with E-state index >= 15 is 0 Å². The molecule has 1 heterocycles. The lowest BCUT2D eigenvalue weighted by Crippen LogP contribution is -2.37. The summed E-state index contributed by atoms with van der Waals surface area (Å²) >= 11 is 0. The van der Waals surface area contributed by atoms with Gasteiger partial charge in [0.15, 0.2) is 0 Å². The summed E-state index contributed by atoms with van der Waals surface area (Å²) in [5, 5.41) is 0. The summed E-state index contributed by atoms with van der Waals surface area (Å²) in [6.45, 7) is 6.00. The lowest BCUT2D eigenvalue weighted by atomic mass is 9.76. The van der Waals surface area contributed by atoms with E-state index in [1.165, 1.54) is 4.90 Å². The minimum absolute atomic E-state index is 0.00361. The Kier molecular flexibility index (Phi) is 2.57. The van der Waals surface area contributed by atoms with Crippen molar-refractivity contribution in [1.29, 1.82) is 0 Å². The second-order valence-corrected chi connectivity index (χ2v) is 5.27. The summed E-state index contributed by atoms with van der Waals surface area (Å²) < 4.78 is 0. The van der Waals surface area contributed by atoms with Crippen LogP contribution in [0.3, 0.4) is 0 Å². The van der Waals surface area contributed by atoms with Gasteiger partial charge in [-0.05, 0) is 39.0 Å². The first kappa shape index (κ1) is 10.7. The molecule has 3 unspecified atom stereocenters. The maximum absolute atomic E-state index is 12.0. The smallest absolute Gasteiger partial charge is 0.233 e. The first-order valence-corrected chi connectivity index (χ1v) is 5.89. The van der Waals surface area contributed by atoms with Crippen LogP contribution in [0.2, 0.25) is 0 Å². The molecule has 3 heteroatoms. The minimum Gasteiger partial charge on any atom is -0.280 e. The van der Waals surface area contributed by atoms with Crippen LogP contribution < -0.4 is 0 Å². The van der Waals surface area contributed by atoms with E-state index in [0.29, 0.717) is 5.92 Å². The van der Waals surface area contributed by atoms with Gasteiger partial charge in [-0.1, -0.05) is 6.92 Å². The lowest BCUT2D eigenvalue weighted by molar-refractivity contribution is -0.141. The number of nitrogens with zero attached hydrogens (tertiary/aromatic N) is 1. The molecule has 0 N–H and O–H groups in total. The van der Waals surface area contributed by atoms with Gasteiger partial charge in [0.25, 0.3) is 0 Å². The van der Waals surface area contributed by atoms with Gasteiger partial charge in [-0.2, -0.15) is 0 Å². The quantitative estimate of drug-likeness (QED) is 0.618. The lowest BCUT2D eigenvalue weighted by Gasteiger charge is -2.25. The topological polar surface area (TPSA) is 37.4 Å². The van der Waals surface area contributed by atoms with Gasteiger partial charge in [0.2, 0.25) is 11.8 Å². The summed E-state index contributed by atoms with van der Waals surface area (Å²) in [5.74, 6) is 0.730. The Morgan fingerprint density at radius 3 is 2.33 bits per heavy atom. The molecule has 1 saturated carbocycles. The molecule has 0 aromatic heterocycles. The van der Waals surface area contributed by atoms with Gasteiger partial charge in [0.05, 0.1) is 11.8 Å². The van der Waals surface area contributed by atoms with Crippen LogP contribution in [0, 0.1) is 17.8 Å². The highest BCUT2D eigenvalue weighted by Gasteiger charge is 2.49. The predicted molar refractivity (Wildman–Crippen MR) is 57.0 cm³/mol. The molecule has 0 aromatic carbocycles. The highest BCUT2D eigenvalue weighted by molar-refractivity contribution is 6.05. The Morgan fingerprint density at radius 2 is 1.73 bits per heavy atom. The van der Waals surface area contributed by atoms with Crippen LogP contribution in [0.15, 0.2) is 0 Å². The van der Waals surface area contributed by atoms with Gasteiger partial charge >= 0.3 is 0 Å². The highest BCUT2D eigenvalue weighted by Crippen LogP contribution is 2.40. The highest BCUT2D eigenvalue weighted by atomic mass is 16.2. The van der Waals surface area contributed by atoms with Crippen LogP contribution in [0.5, 0.6) is 0 Å². The molecular formula is C12H19NO2. The van der Waals surface area contributed by atoms with Crippen molar-refractivity contribution in [1.82, 2.24) is 4.90 Å². The van der Waals surface area contributed by atoms with Crippen molar-refractivity contribution < 1.29 is 9.59 Å². The molecule has 1 aliphatic heterocycles. The van der Waals surface area contributed by atoms with E-state index in [-0.39, 0.29) is 29.7 Å². The molecule has 3 nitrogen and oxygen atoms in total. The van der Waals surface area contributed by atoms with E-state index in [9.17, 15) is 9.59 Å². The Labute approximate surface area is 90.8 Å². The fraction of sp³-hybridized carbons (Fsp3) is 0.833. The summed E-state index contributed by atoms with van der Waals surface area (Å²) in [4.78, 5) is 25.5. The fourth-order valence-electron chi connectivity index (χ4n) is 2.92. The number of amides is 2. The number of hydrogen-bond acceptors (Lipinski definition) is 2. The van der Waals surface area contributed by atoms with Crippen LogP contribution in [-0.2, 0) is 9.59 Å². The second kappa shape index (κ2) is 3.62. The van der Waals surface area contributed by atoms with Crippen molar-refractivity contribution in [3.05, 3.63) is 0 Å². The van der Waals surface area contributed by atoms with E-state index in [0.717, 1.165) is 19.3 Å². The molecule has 2 aliphatic rings. The Bertz CT molecular complexity index is 298. The fourth-order valence-corrected chi connectivity index (χ4v) is 2.92. The van der Waals surface area contributed by atoms with Crippen LogP contribution in [0.4, 0.5) is 0 Å². The van der Waals surface area contributed by atoms with Gasteiger partial charge in [-0.25, -0.2) is 0 Å². The van der Waals surface area contributed by atoms with Crippen LogP contribution >= 0.6 is 0 Å². The summed E-state index contributed by atoms with van der Waals surface area (Å²) in [5.41, 5.74) is 0. The number of hydrogen-bond donors (Lipinski definition) is 0. The Balaban J connectivity index is 2.23. The average molecular weight is 209 g/mol. The van der Waals surface area contributed by atoms with Crippen molar-refractivity contribution >= 4 is 11.8 Å². The van der Waals surface area contributed by atoms with Gasteiger partial charge in [0.1, 0.15) is 0 Å². The van der Waals surface area contributed by atoms with E-state index < -0.39 is 0 Å². The van der Waals surface area contributed by atoms with Gasteiger partial charge < -0.3 is 0 Å². The number of rotatable bonds is 1. The second-order valence-electron chi connectivity index (χ2n) is 5.27. The zero-order valence-corrected chi connectivity index (χ0v) is 9.69. The van der Waals surface area contributed by atoms with Crippen molar-refractivity contribution in [3.8, 4) is 0 Å². The molecule has 0 spiro atoms. The summed E-state index contributed by atoms with van der Waals surface area (Å²) in [6, 6.07) is 0.0194. The average Bonchev–Trinajstić information content (AvgIpc) is 2.39. The number of fused-ring (bicyclic) bond motifs is 1. The van der Waals surface area contributed by atoms with Crippen LogP contribution in [0.25, 0.3) is 0 Å². The van der Waals surface area contributed by atoms with E-state index in [1.807, 2.05) is 13.8 Å². The zero-order valence-electron chi connectivity index (χ0n) is 9.69. The summed E-state index contributed by atoms with van der Waals surface area (Å²) in [6.07, 6.45) is 2.89. The molecule has 1 saturated heterocycles. The van der Waals surface area contributed by atoms with Gasteiger partial charge in [-0.15, -0.1) is 0 Å². The molecule has 15 heavy (non-hydrogen) atoms. The maximum atomic E-state index is 12.0. The molecule has 84 valence electrons. The molecule has 0 bridgehead atoms. The predicted octanol–water partition coefficient (Wildman–Crippen LogP) is 1.82. The van der Waals surface area contributed by atoms with Crippen molar-refractivity contribution in [2.45, 2.75) is 46.1 Å². The number of carbonyl (C=O) groups is 2. The normalized spacial score (nSPS) is 36.3. The Hall–Kier alpha value is -0.860. The molecule has 2 fully saturated rings.